The zero-order chi connectivity index (χ0) is 22.9. The zero-order valence-electron chi connectivity index (χ0n) is 18.2. The molecule has 0 unspecified atom stereocenters. The number of sulfonamides is 1. The molecule has 4 rings (SSSR count). The molecule has 0 radical (unpaired) electrons. The molecule has 9 nitrogen and oxygen atoms in total. The Morgan fingerprint density at radius 1 is 1.25 bits per heavy atom. The Labute approximate surface area is 191 Å². The average Bonchev–Trinajstić information content (AvgIpc) is 3.53. The standard InChI is InChI=1S/C21H25N5O4S2/c1-24(2)32(28,29)17-6-7-19(26-8-4-5-9-26)18(10-17)21(27)30-13-16-14-31-20(23-16)15-11-22-25(3)12-15/h6-7,10-12,14H,4-5,8-9,13H2,1-3H3. The minimum Gasteiger partial charge on any atom is -0.455 e. The number of rotatable bonds is 7. The molecule has 0 aliphatic carbocycles. The second-order valence-corrected chi connectivity index (χ2v) is 10.8. The maximum absolute atomic E-state index is 13.0. The highest BCUT2D eigenvalue weighted by atomic mass is 32.2. The quantitative estimate of drug-likeness (QED) is 0.485. The van der Waals surface area contributed by atoms with Crippen molar-refractivity contribution >= 4 is 33.0 Å². The van der Waals surface area contributed by atoms with Gasteiger partial charge in [0.2, 0.25) is 10.0 Å². The molecule has 0 saturated carbocycles. The third-order valence-corrected chi connectivity index (χ3v) is 8.02. The van der Waals surface area contributed by atoms with E-state index < -0.39 is 16.0 Å². The van der Waals surface area contributed by atoms with Gasteiger partial charge in [-0.2, -0.15) is 5.10 Å². The van der Waals surface area contributed by atoms with Crippen molar-refractivity contribution in [3.05, 3.63) is 47.2 Å². The van der Waals surface area contributed by atoms with Gasteiger partial charge in [0.25, 0.3) is 0 Å². The largest absolute Gasteiger partial charge is 0.455 e. The van der Waals surface area contributed by atoms with E-state index in [1.165, 1.54) is 31.5 Å². The third-order valence-electron chi connectivity index (χ3n) is 5.27. The third kappa shape index (κ3) is 4.54. The first kappa shape index (κ1) is 22.4. The maximum atomic E-state index is 13.0. The molecule has 1 aliphatic heterocycles. The van der Waals surface area contributed by atoms with Gasteiger partial charge in [0.1, 0.15) is 11.6 Å². The predicted molar refractivity (Wildman–Crippen MR) is 122 cm³/mol. The topological polar surface area (TPSA) is 97.6 Å². The van der Waals surface area contributed by atoms with Gasteiger partial charge in [0.15, 0.2) is 0 Å². The van der Waals surface area contributed by atoms with Crippen LogP contribution in [-0.4, -0.2) is 60.6 Å². The molecule has 170 valence electrons. The summed E-state index contributed by atoms with van der Waals surface area (Å²) in [6, 6.07) is 4.65. The van der Waals surface area contributed by atoms with E-state index >= 15 is 0 Å². The molecule has 0 atom stereocenters. The summed E-state index contributed by atoms with van der Waals surface area (Å²) in [5.41, 5.74) is 2.46. The molecular formula is C21H25N5O4S2. The number of benzene rings is 1. The van der Waals surface area contributed by atoms with Crippen molar-refractivity contribution in [2.45, 2.75) is 24.3 Å². The number of carbonyl (C=O) groups excluding carboxylic acids is 1. The minimum atomic E-state index is -3.68. The number of aromatic nitrogens is 3. The van der Waals surface area contributed by atoms with E-state index in [-0.39, 0.29) is 17.1 Å². The molecule has 3 aromatic rings. The number of nitrogens with zero attached hydrogens (tertiary/aromatic N) is 5. The molecule has 3 heterocycles. The molecule has 1 saturated heterocycles. The Hall–Kier alpha value is -2.76. The van der Waals surface area contributed by atoms with Crippen molar-refractivity contribution in [1.82, 2.24) is 19.1 Å². The fourth-order valence-corrected chi connectivity index (χ4v) is 5.25. The first-order valence-electron chi connectivity index (χ1n) is 10.2. The van der Waals surface area contributed by atoms with Crippen LogP contribution in [0, 0.1) is 0 Å². The van der Waals surface area contributed by atoms with Gasteiger partial charge in [-0.3, -0.25) is 4.68 Å². The molecule has 0 amide bonds. The molecule has 11 heteroatoms. The normalized spacial score (nSPS) is 14.3. The van der Waals surface area contributed by atoms with Crippen molar-refractivity contribution in [1.29, 1.82) is 0 Å². The summed E-state index contributed by atoms with van der Waals surface area (Å²) in [5.74, 6) is -0.571. The van der Waals surface area contributed by atoms with Crippen molar-refractivity contribution in [2.75, 3.05) is 32.1 Å². The molecule has 32 heavy (non-hydrogen) atoms. The van der Waals surface area contributed by atoms with Gasteiger partial charge in [0, 0.05) is 51.4 Å². The lowest BCUT2D eigenvalue weighted by atomic mass is 10.1. The van der Waals surface area contributed by atoms with Crippen LogP contribution in [-0.2, 0) is 28.4 Å². The van der Waals surface area contributed by atoms with Gasteiger partial charge < -0.3 is 9.64 Å². The van der Waals surface area contributed by atoms with Crippen molar-refractivity contribution in [3.63, 3.8) is 0 Å². The van der Waals surface area contributed by atoms with Crippen LogP contribution >= 0.6 is 11.3 Å². The lowest BCUT2D eigenvalue weighted by Gasteiger charge is -2.22. The smallest absolute Gasteiger partial charge is 0.340 e. The Morgan fingerprint density at radius 3 is 2.66 bits per heavy atom. The highest BCUT2D eigenvalue weighted by Gasteiger charge is 2.25. The second-order valence-electron chi connectivity index (χ2n) is 7.78. The first-order chi connectivity index (χ1) is 15.3. The van der Waals surface area contributed by atoms with Gasteiger partial charge in [-0.05, 0) is 31.0 Å². The fourth-order valence-electron chi connectivity index (χ4n) is 3.54. The number of esters is 1. The first-order valence-corrected chi connectivity index (χ1v) is 12.5. The van der Waals surface area contributed by atoms with Crippen LogP contribution in [0.3, 0.4) is 0 Å². The van der Waals surface area contributed by atoms with Crippen LogP contribution in [0.1, 0.15) is 28.9 Å². The van der Waals surface area contributed by atoms with Crippen LogP contribution in [0.5, 0.6) is 0 Å². The summed E-state index contributed by atoms with van der Waals surface area (Å²) in [6.07, 6.45) is 5.66. The average molecular weight is 476 g/mol. The lowest BCUT2D eigenvalue weighted by molar-refractivity contribution is 0.0469. The molecule has 2 aromatic heterocycles. The Morgan fingerprint density at radius 2 is 2.00 bits per heavy atom. The summed E-state index contributed by atoms with van der Waals surface area (Å²) >= 11 is 1.45. The molecule has 0 bridgehead atoms. The van der Waals surface area contributed by atoms with E-state index in [4.69, 9.17) is 4.74 Å². The molecular weight excluding hydrogens is 450 g/mol. The monoisotopic (exact) mass is 475 g/mol. The SMILES string of the molecule is CN(C)S(=O)(=O)c1ccc(N2CCCC2)c(C(=O)OCc2csc(-c3cnn(C)c3)n2)c1. The summed E-state index contributed by atoms with van der Waals surface area (Å²) < 4.78 is 33.6. The van der Waals surface area contributed by atoms with Gasteiger partial charge in [0.05, 0.1) is 28.0 Å². The van der Waals surface area contributed by atoms with Crippen molar-refractivity contribution < 1.29 is 17.9 Å². The number of ether oxygens (including phenoxy) is 1. The highest BCUT2D eigenvalue weighted by Crippen LogP contribution is 2.29. The lowest BCUT2D eigenvalue weighted by Crippen LogP contribution is -2.24. The zero-order valence-corrected chi connectivity index (χ0v) is 19.8. The summed E-state index contributed by atoms with van der Waals surface area (Å²) in [5, 5.41) is 6.77. The molecule has 1 fully saturated rings. The Bertz CT molecular complexity index is 1230. The van der Waals surface area contributed by atoms with Crippen LogP contribution < -0.4 is 4.90 Å². The summed E-state index contributed by atoms with van der Waals surface area (Å²) in [7, 11) is 1.08. The Balaban J connectivity index is 1.57. The number of hydrogen-bond donors (Lipinski definition) is 0. The van der Waals surface area contributed by atoms with Crippen LogP contribution in [0.25, 0.3) is 10.6 Å². The Kier molecular flexibility index (Phi) is 6.31. The van der Waals surface area contributed by atoms with E-state index in [2.05, 4.69) is 15.0 Å². The molecule has 0 N–H and O–H groups in total. The number of hydrogen-bond acceptors (Lipinski definition) is 8. The summed E-state index contributed by atoms with van der Waals surface area (Å²) in [6.45, 7) is 1.64. The van der Waals surface area contributed by atoms with Gasteiger partial charge in [-0.25, -0.2) is 22.5 Å². The highest BCUT2D eigenvalue weighted by molar-refractivity contribution is 7.89. The van der Waals surface area contributed by atoms with E-state index in [1.807, 2.05) is 18.6 Å². The minimum absolute atomic E-state index is 0.000304. The second kappa shape index (κ2) is 9.00. The number of anilines is 1. The number of carbonyl (C=O) groups is 1. The van der Waals surface area contributed by atoms with E-state index in [0.717, 1.165) is 40.8 Å². The van der Waals surface area contributed by atoms with Crippen molar-refractivity contribution in [3.8, 4) is 10.6 Å². The van der Waals surface area contributed by atoms with Gasteiger partial charge in [-0.15, -0.1) is 11.3 Å². The van der Waals surface area contributed by atoms with Crippen LogP contribution in [0.15, 0.2) is 40.9 Å². The van der Waals surface area contributed by atoms with E-state index in [1.54, 1.807) is 23.0 Å². The van der Waals surface area contributed by atoms with Gasteiger partial charge >= 0.3 is 5.97 Å². The number of aryl methyl sites for hydroxylation is 1. The predicted octanol–water partition coefficient (Wildman–Crippen LogP) is 2.75. The molecule has 0 spiro atoms. The van der Waals surface area contributed by atoms with Crippen LogP contribution in [0.2, 0.25) is 0 Å². The number of thiazole rings is 1. The molecule has 1 aliphatic rings. The van der Waals surface area contributed by atoms with Gasteiger partial charge in [-0.1, -0.05) is 0 Å². The fraction of sp³-hybridized carbons (Fsp3) is 0.381. The van der Waals surface area contributed by atoms with Crippen LogP contribution in [0.4, 0.5) is 5.69 Å². The van der Waals surface area contributed by atoms with E-state index in [0.29, 0.717) is 11.4 Å². The maximum Gasteiger partial charge on any atom is 0.340 e. The molecule has 1 aromatic carbocycles. The summed E-state index contributed by atoms with van der Waals surface area (Å²) in [4.78, 5) is 19.7. The van der Waals surface area contributed by atoms with E-state index in [9.17, 15) is 13.2 Å². The van der Waals surface area contributed by atoms with Crippen molar-refractivity contribution in [2.24, 2.45) is 7.05 Å².